The zero-order chi connectivity index (χ0) is 42.5. The number of benzene rings is 4. The van der Waals surface area contributed by atoms with Crippen molar-refractivity contribution in [1.82, 2.24) is 15.0 Å². The molecule has 4 heterocycles. The molecule has 0 amide bonds. The van der Waals surface area contributed by atoms with Crippen LogP contribution in [0.1, 0.15) is 68.0 Å². The Morgan fingerprint density at radius 2 is 1.28 bits per heavy atom. The summed E-state index contributed by atoms with van der Waals surface area (Å²) < 4.78 is 63.9. The minimum Gasteiger partial charge on any atom is -0.500 e. The van der Waals surface area contributed by atoms with Crippen molar-refractivity contribution in [3.8, 4) is 33.6 Å². The van der Waals surface area contributed by atoms with E-state index in [1.165, 1.54) is 6.20 Å². The van der Waals surface area contributed by atoms with E-state index in [9.17, 15) is 0 Å². The second-order valence-corrected chi connectivity index (χ2v) is 14.9. The number of aromatic nitrogens is 3. The van der Waals surface area contributed by atoms with E-state index in [4.69, 9.17) is 14.0 Å². The maximum Gasteiger partial charge on any atom is 0.128 e. The SMILES string of the molecule is [2H]C([2H])([2H])c1nccc2c1ccc1c3cc[c-]c(-c4cc(C([2H])([2H])C(C)(C)C)ccn4)c3oc21.[2H]C([2H])(c1ccc(-c2ccnc(-c3[c-]cccc3)c2)cc1)C(C)(C)C.[Ir]. The average molecular weight is 879 g/mol. The molecule has 0 fully saturated rings. The molecule has 5 heteroatoms. The molecule has 0 unspecified atom stereocenters. The largest absolute Gasteiger partial charge is 0.500 e. The summed E-state index contributed by atoms with van der Waals surface area (Å²) in [4.78, 5) is 13.0. The third-order valence-corrected chi connectivity index (χ3v) is 8.36. The monoisotopic (exact) mass is 879 g/mol. The fourth-order valence-electron chi connectivity index (χ4n) is 6.21. The van der Waals surface area contributed by atoms with Crippen molar-refractivity contribution < 1.29 is 34.1 Å². The van der Waals surface area contributed by atoms with Crippen LogP contribution in [0, 0.1) is 29.8 Å². The maximum atomic E-state index is 8.64. The molecule has 0 aliphatic rings. The standard InChI is InChI=1S/C26H23N2O.C22H22N.Ir/c1-16-18-8-9-20-19-6-5-7-22(25(19)29-24(20)21(18)11-13-27-16)23-14-17(10-12-28-23)15-26(2,3)4;1-22(2,3)16-17-9-11-18(12-10-17)20-13-14-23-21(15-20)19-7-5-4-6-8-19;/h5-6,8-14H,15H2,1-4H3;4-7,9-15H,16H2,1-3H3;/q2*-1;/i1D3,15D2;16D2;. The van der Waals surface area contributed by atoms with Crippen LogP contribution in [0.5, 0.6) is 0 Å². The zero-order valence-electron chi connectivity index (χ0n) is 37.6. The van der Waals surface area contributed by atoms with Gasteiger partial charge in [0.15, 0.2) is 0 Å². The minimum absolute atomic E-state index is 0. The molecule has 0 N–H and O–H groups in total. The number of fused-ring (bicyclic) bond motifs is 5. The third kappa shape index (κ3) is 8.82. The van der Waals surface area contributed by atoms with Gasteiger partial charge in [-0.05, 0) is 76.7 Å². The van der Waals surface area contributed by atoms with Crippen LogP contribution < -0.4 is 0 Å². The predicted molar refractivity (Wildman–Crippen MR) is 216 cm³/mol. The molecule has 1 radical (unpaired) electrons. The van der Waals surface area contributed by atoms with Gasteiger partial charge in [-0.25, -0.2) is 0 Å². The van der Waals surface area contributed by atoms with Crippen LogP contribution in [-0.4, -0.2) is 15.0 Å². The summed E-state index contributed by atoms with van der Waals surface area (Å²) in [7, 11) is 0. The summed E-state index contributed by atoms with van der Waals surface area (Å²) in [5, 5.41) is 2.90. The number of hydrogen-bond donors (Lipinski definition) is 0. The number of nitrogens with zero attached hydrogens (tertiary/aromatic N) is 3. The Morgan fingerprint density at radius 3 is 2.02 bits per heavy atom. The molecule has 4 aromatic carbocycles. The van der Waals surface area contributed by atoms with Gasteiger partial charge in [0.25, 0.3) is 0 Å². The molecule has 0 bridgehead atoms. The van der Waals surface area contributed by atoms with E-state index >= 15 is 0 Å². The molecule has 0 spiro atoms. The normalized spacial score (nSPS) is 14.4. The molecule has 4 aromatic heterocycles. The Labute approximate surface area is 336 Å². The van der Waals surface area contributed by atoms with E-state index in [1.807, 2.05) is 114 Å². The number of hydrogen-bond acceptors (Lipinski definition) is 4. The quantitative estimate of drug-likeness (QED) is 0.162. The van der Waals surface area contributed by atoms with Crippen molar-refractivity contribution in [2.24, 2.45) is 10.8 Å². The summed E-state index contributed by atoms with van der Waals surface area (Å²) in [6.07, 6.45) is 1.94. The van der Waals surface area contributed by atoms with Crippen molar-refractivity contribution in [3.63, 3.8) is 0 Å². The van der Waals surface area contributed by atoms with Crippen LogP contribution in [0.4, 0.5) is 0 Å². The van der Waals surface area contributed by atoms with Gasteiger partial charge in [0.2, 0.25) is 0 Å². The van der Waals surface area contributed by atoms with Crippen LogP contribution >= 0.6 is 0 Å². The van der Waals surface area contributed by atoms with Gasteiger partial charge in [-0.3, -0.25) is 4.98 Å². The van der Waals surface area contributed by atoms with Gasteiger partial charge in [0.05, 0.1) is 5.58 Å². The van der Waals surface area contributed by atoms with E-state index in [-0.39, 0.29) is 25.8 Å². The summed E-state index contributed by atoms with van der Waals surface area (Å²) >= 11 is 0. The van der Waals surface area contributed by atoms with E-state index in [0.717, 1.165) is 33.2 Å². The first-order valence-electron chi connectivity index (χ1n) is 20.8. The molecule has 0 saturated heterocycles. The number of rotatable bonds is 5. The fourth-order valence-corrected chi connectivity index (χ4v) is 6.21. The molecule has 4 nitrogen and oxygen atoms in total. The molecule has 0 atom stereocenters. The fraction of sp³-hybridized carbons (Fsp3) is 0.229. The van der Waals surface area contributed by atoms with Gasteiger partial charge in [0, 0.05) is 70.1 Å². The molecular formula is C48H45IrN3O-2. The summed E-state index contributed by atoms with van der Waals surface area (Å²) in [5.74, 6) is 0. The first-order valence-corrected chi connectivity index (χ1v) is 17.3. The molecule has 0 saturated carbocycles. The van der Waals surface area contributed by atoms with Crippen LogP contribution in [0.15, 0.2) is 126 Å². The van der Waals surface area contributed by atoms with Crippen molar-refractivity contribution in [2.75, 3.05) is 0 Å². The topological polar surface area (TPSA) is 51.8 Å². The molecule has 0 aliphatic heterocycles. The summed E-state index contributed by atoms with van der Waals surface area (Å²) in [5.41, 5.74) is 6.49. The van der Waals surface area contributed by atoms with E-state index in [2.05, 4.69) is 27.1 Å². The van der Waals surface area contributed by atoms with Crippen LogP contribution in [0.2, 0.25) is 0 Å². The number of aryl methyl sites for hydroxylation is 1. The Morgan fingerprint density at radius 1 is 0.604 bits per heavy atom. The molecule has 53 heavy (non-hydrogen) atoms. The van der Waals surface area contributed by atoms with Gasteiger partial charge in [0.1, 0.15) is 5.58 Å². The number of pyridine rings is 3. The Balaban J connectivity index is 0.000000207. The smallest absolute Gasteiger partial charge is 0.128 e. The maximum absolute atomic E-state index is 8.64. The van der Waals surface area contributed by atoms with Crippen LogP contribution in [-0.2, 0) is 32.9 Å². The van der Waals surface area contributed by atoms with Gasteiger partial charge < -0.3 is 14.4 Å². The van der Waals surface area contributed by atoms with Crippen molar-refractivity contribution in [1.29, 1.82) is 0 Å². The molecule has 269 valence electrons. The molecule has 8 rings (SSSR count). The Bertz CT molecular complexity index is 2790. The summed E-state index contributed by atoms with van der Waals surface area (Å²) in [6.45, 7) is 9.03. The molecule has 8 aromatic rings. The van der Waals surface area contributed by atoms with Gasteiger partial charge >= 0.3 is 0 Å². The van der Waals surface area contributed by atoms with Gasteiger partial charge in [-0.1, -0.05) is 107 Å². The van der Waals surface area contributed by atoms with E-state index < -0.39 is 30.4 Å². The van der Waals surface area contributed by atoms with Gasteiger partial charge in [-0.15, -0.1) is 54.1 Å². The second-order valence-electron chi connectivity index (χ2n) is 14.9. The van der Waals surface area contributed by atoms with Gasteiger partial charge in [-0.2, -0.15) is 0 Å². The first-order chi connectivity index (χ1) is 27.7. The van der Waals surface area contributed by atoms with Crippen LogP contribution in [0.25, 0.3) is 66.4 Å². The Kier molecular flexibility index (Phi) is 8.66. The Hall–Kier alpha value is -4.96. The molecular weight excluding hydrogens is 827 g/mol. The van der Waals surface area contributed by atoms with Crippen LogP contribution in [0.3, 0.4) is 0 Å². The summed E-state index contributed by atoms with van der Waals surface area (Å²) in [6, 6.07) is 38.5. The van der Waals surface area contributed by atoms with Crippen molar-refractivity contribution in [2.45, 2.75) is 61.1 Å². The molecule has 0 aliphatic carbocycles. The van der Waals surface area contributed by atoms with E-state index in [1.54, 1.807) is 42.7 Å². The average Bonchev–Trinajstić information content (AvgIpc) is 3.60. The third-order valence-electron chi connectivity index (χ3n) is 8.36. The van der Waals surface area contributed by atoms with E-state index in [0.29, 0.717) is 44.3 Å². The number of furan rings is 1. The van der Waals surface area contributed by atoms with Crippen molar-refractivity contribution in [3.05, 3.63) is 151 Å². The second kappa shape index (κ2) is 15.6. The minimum atomic E-state index is -2.34. The first kappa shape index (κ1) is 29.5. The zero-order valence-corrected chi connectivity index (χ0v) is 33.0. The predicted octanol–water partition coefficient (Wildman–Crippen LogP) is 12.7. The van der Waals surface area contributed by atoms with Crippen molar-refractivity contribution >= 4 is 32.7 Å².